The fourth-order valence-electron chi connectivity index (χ4n) is 2.61. The predicted octanol–water partition coefficient (Wildman–Crippen LogP) is 3.25. The van der Waals surface area contributed by atoms with Crippen LogP contribution in [0, 0.1) is 0 Å². The van der Waals surface area contributed by atoms with Gasteiger partial charge < -0.3 is 9.80 Å². The van der Waals surface area contributed by atoms with Crippen LogP contribution in [-0.4, -0.2) is 55.4 Å². The fourth-order valence-corrected chi connectivity index (χ4v) is 2.78. The molecule has 1 aromatic carbocycles. The van der Waals surface area contributed by atoms with Gasteiger partial charge in [0.25, 0.3) is 0 Å². The largest absolute Gasteiger partial charge is 0.416 e. The zero-order valence-corrected chi connectivity index (χ0v) is 13.8. The zero-order chi connectivity index (χ0) is 17.2. The number of carbonyl (C=O) groups excluding carboxylic acids is 1. The molecule has 1 amide bonds. The summed E-state index contributed by atoms with van der Waals surface area (Å²) in [5.41, 5.74) is 0.729. The summed E-state index contributed by atoms with van der Waals surface area (Å²) in [6, 6.07) is 3.81. The molecule has 23 heavy (non-hydrogen) atoms. The van der Waals surface area contributed by atoms with E-state index in [4.69, 9.17) is 11.6 Å². The quantitative estimate of drug-likeness (QED) is 0.619. The second-order valence-corrected chi connectivity index (χ2v) is 6.08. The molecule has 0 aliphatic carbocycles. The highest BCUT2D eigenvalue weighted by Crippen LogP contribution is 2.33. The molecule has 0 radical (unpaired) electrons. The Labute approximate surface area is 138 Å². The monoisotopic (exact) mass is 349 g/mol. The summed E-state index contributed by atoms with van der Waals surface area (Å²) in [6.45, 7) is 2.88. The third-order valence-electron chi connectivity index (χ3n) is 3.91. The van der Waals surface area contributed by atoms with Gasteiger partial charge in [-0.2, -0.15) is 13.2 Å². The van der Waals surface area contributed by atoms with E-state index in [9.17, 15) is 18.0 Å². The summed E-state index contributed by atoms with van der Waals surface area (Å²) in [6.07, 6.45) is -4.35. The first-order valence-electron chi connectivity index (χ1n) is 7.22. The average Bonchev–Trinajstić information content (AvgIpc) is 2.46. The molecule has 4 nitrogen and oxygen atoms in total. The normalized spacial score (nSPS) is 16.5. The number of alkyl halides is 3. The van der Waals surface area contributed by atoms with Crippen molar-refractivity contribution in [2.75, 3.05) is 45.2 Å². The smallest absolute Gasteiger partial charge is 0.377 e. The Hall–Kier alpha value is -1.47. The van der Waals surface area contributed by atoms with Gasteiger partial charge in [-0.1, -0.05) is 6.07 Å². The molecule has 8 heteroatoms. The molecule has 0 N–H and O–H groups in total. The van der Waals surface area contributed by atoms with Crippen LogP contribution in [0.5, 0.6) is 0 Å². The molecule has 0 saturated carbocycles. The number of halogens is 4. The van der Waals surface area contributed by atoms with Crippen LogP contribution in [0.4, 0.5) is 23.7 Å². The Morgan fingerprint density at radius 1 is 1.22 bits per heavy atom. The third-order valence-corrected chi connectivity index (χ3v) is 4.15. The second-order valence-electron chi connectivity index (χ2n) is 5.75. The lowest BCUT2D eigenvalue weighted by Gasteiger charge is -2.34. The molecule has 0 bridgehead atoms. The lowest BCUT2D eigenvalue weighted by atomic mass is 10.1. The van der Waals surface area contributed by atoms with Crippen molar-refractivity contribution < 1.29 is 18.0 Å². The minimum atomic E-state index is -4.35. The Balaban J connectivity index is 2.12. The van der Waals surface area contributed by atoms with Crippen molar-refractivity contribution in [2.24, 2.45) is 0 Å². The summed E-state index contributed by atoms with van der Waals surface area (Å²) in [5, 5.41) is -0.465. The zero-order valence-electron chi connectivity index (χ0n) is 13.0. The van der Waals surface area contributed by atoms with Gasteiger partial charge in [0.15, 0.2) is 0 Å². The van der Waals surface area contributed by atoms with E-state index in [2.05, 4.69) is 4.90 Å². The van der Waals surface area contributed by atoms with E-state index in [1.807, 2.05) is 0 Å². The molecular formula is C15H19ClF3N3O. The summed E-state index contributed by atoms with van der Waals surface area (Å²) in [7, 11) is 3.45. The van der Waals surface area contributed by atoms with Crippen molar-refractivity contribution in [3.63, 3.8) is 0 Å². The van der Waals surface area contributed by atoms with E-state index in [0.29, 0.717) is 38.4 Å². The van der Waals surface area contributed by atoms with Crippen LogP contribution in [0.3, 0.4) is 0 Å². The number of hydrogen-bond donors (Lipinski definition) is 0. The van der Waals surface area contributed by atoms with Crippen LogP contribution in [0.2, 0.25) is 0 Å². The van der Waals surface area contributed by atoms with Crippen molar-refractivity contribution in [3.05, 3.63) is 29.3 Å². The molecule has 1 heterocycles. The minimum Gasteiger partial charge on any atom is -0.377 e. The van der Waals surface area contributed by atoms with Gasteiger partial charge in [-0.25, -0.2) is 0 Å². The van der Waals surface area contributed by atoms with E-state index < -0.39 is 17.1 Å². The van der Waals surface area contributed by atoms with Gasteiger partial charge in [-0.05, 0) is 29.3 Å². The molecule has 1 aliphatic heterocycles. The summed E-state index contributed by atoms with van der Waals surface area (Å²) < 4.78 is 38.6. The molecule has 0 spiro atoms. The van der Waals surface area contributed by atoms with Crippen LogP contribution in [-0.2, 0) is 12.7 Å². The second kappa shape index (κ2) is 6.97. The number of rotatable bonds is 3. The maximum Gasteiger partial charge on any atom is 0.416 e. The molecule has 1 saturated heterocycles. The minimum absolute atomic E-state index is 0.465. The molecule has 128 valence electrons. The topological polar surface area (TPSA) is 26.8 Å². The van der Waals surface area contributed by atoms with Gasteiger partial charge in [0.1, 0.15) is 0 Å². The van der Waals surface area contributed by atoms with Gasteiger partial charge >= 0.3 is 11.5 Å². The van der Waals surface area contributed by atoms with Gasteiger partial charge in [-0.15, -0.1) is 0 Å². The van der Waals surface area contributed by atoms with E-state index in [1.54, 1.807) is 23.9 Å². The summed E-state index contributed by atoms with van der Waals surface area (Å²) in [5.74, 6) is 0. The summed E-state index contributed by atoms with van der Waals surface area (Å²) >= 11 is 5.45. The molecule has 1 aromatic rings. The van der Waals surface area contributed by atoms with Crippen molar-refractivity contribution in [1.82, 2.24) is 9.80 Å². The van der Waals surface area contributed by atoms with E-state index in [0.717, 1.165) is 11.6 Å². The van der Waals surface area contributed by atoms with Crippen molar-refractivity contribution in [1.29, 1.82) is 0 Å². The maximum atomic E-state index is 12.9. The molecule has 2 rings (SSSR count). The van der Waals surface area contributed by atoms with Gasteiger partial charge in [0.05, 0.1) is 5.56 Å². The standard InChI is InChI=1S/C15H19ClF3N3O/c1-20(2)13-9-12(15(17,18)19)4-3-11(13)10-21-5-7-22(8-6-21)14(16)23/h3-4,9H,5-8,10H2,1-2H3. The Morgan fingerprint density at radius 2 is 1.83 bits per heavy atom. The highest BCUT2D eigenvalue weighted by Gasteiger charge is 2.31. The molecule has 0 unspecified atom stereocenters. The lowest BCUT2D eigenvalue weighted by Crippen LogP contribution is -2.46. The Bertz CT molecular complexity index is 570. The van der Waals surface area contributed by atoms with Crippen LogP contribution in [0.15, 0.2) is 18.2 Å². The van der Waals surface area contributed by atoms with Gasteiger partial charge in [0.2, 0.25) is 0 Å². The third kappa shape index (κ3) is 4.51. The number of amides is 1. The van der Waals surface area contributed by atoms with Crippen LogP contribution in [0.1, 0.15) is 11.1 Å². The maximum absolute atomic E-state index is 12.9. The highest BCUT2D eigenvalue weighted by atomic mass is 35.5. The summed E-state index contributed by atoms with van der Waals surface area (Å²) in [4.78, 5) is 16.4. The number of anilines is 1. The molecule has 1 aliphatic rings. The number of hydrogen-bond acceptors (Lipinski definition) is 3. The molecule has 1 fully saturated rings. The molecule has 0 aromatic heterocycles. The Kier molecular flexibility index (Phi) is 5.41. The van der Waals surface area contributed by atoms with E-state index >= 15 is 0 Å². The first-order valence-corrected chi connectivity index (χ1v) is 7.60. The van der Waals surface area contributed by atoms with Crippen LogP contribution < -0.4 is 4.90 Å². The number of nitrogens with zero attached hydrogens (tertiary/aromatic N) is 3. The number of benzene rings is 1. The molecule has 0 atom stereocenters. The number of piperazine rings is 1. The van der Waals surface area contributed by atoms with E-state index in [-0.39, 0.29) is 0 Å². The predicted molar refractivity (Wildman–Crippen MR) is 83.9 cm³/mol. The SMILES string of the molecule is CN(C)c1cc(C(F)(F)F)ccc1CN1CCN(C(=O)Cl)CC1. The van der Waals surface area contributed by atoms with Crippen molar-refractivity contribution in [3.8, 4) is 0 Å². The van der Waals surface area contributed by atoms with Crippen molar-refractivity contribution >= 4 is 22.7 Å². The van der Waals surface area contributed by atoms with Gasteiger partial charge in [-0.3, -0.25) is 9.69 Å². The van der Waals surface area contributed by atoms with Crippen molar-refractivity contribution in [2.45, 2.75) is 12.7 Å². The fraction of sp³-hybridized carbons (Fsp3) is 0.533. The first kappa shape index (κ1) is 17.9. The van der Waals surface area contributed by atoms with Crippen LogP contribution >= 0.6 is 11.6 Å². The average molecular weight is 350 g/mol. The van der Waals surface area contributed by atoms with Crippen LogP contribution in [0.25, 0.3) is 0 Å². The lowest BCUT2D eigenvalue weighted by molar-refractivity contribution is -0.137. The van der Waals surface area contributed by atoms with Gasteiger partial charge in [0, 0.05) is 52.5 Å². The Morgan fingerprint density at radius 3 is 2.30 bits per heavy atom. The molecular weight excluding hydrogens is 331 g/mol. The number of carbonyl (C=O) groups is 1. The van der Waals surface area contributed by atoms with E-state index in [1.165, 1.54) is 12.1 Å². The first-order chi connectivity index (χ1) is 10.7. The highest BCUT2D eigenvalue weighted by molar-refractivity contribution is 6.62.